The first kappa shape index (κ1) is 17.1. The molecule has 23 heavy (non-hydrogen) atoms. The van der Waals surface area contributed by atoms with Crippen molar-refractivity contribution in [3.63, 3.8) is 0 Å². The van der Waals surface area contributed by atoms with E-state index in [1.165, 1.54) is 12.1 Å². The molecular weight excluding hydrogens is 297 g/mol. The summed E-state index contributed by atoms with van der Waals surface area (Å²) in [5, 5.41) is 0. The molecule has 1 aliphatic heterocycles. The Morgan fingerprint density at radius 2 is 1.74 bits per heavy atom. The minimum Gasteiger partial charge on any atom is -0.381 e. The highest BCUT2D eigenvalue weighted by atomic mass is 19.1. The van der Waals surface area contributed by atoms with Crippen molar-refractivity contribution in [2.75, 3.05) is 13.2 Å². The number of carbonyl (C=O) groups is 2. The maximum absolute atomic E-state index is 13.0. The molecule has 0 radical (unpaired) electrons. The van der Waals surface area contributed by atoms with Crippen molar-refractivity contribution < 1.29 is 18.7 Å². The van der Waals surface area contributed by atoms with E-state index in [0.29, 0.717) is 25.8 Å². The molecule has 0 atom stereocenters. The van der Waals surface area contributed by atoms with Crippen molar-refractivity contribution in [3.8, 4) is 0 Å². The number of hydrogen-bond donors (Lipinski definition) is 0. The molecule has 0 spiro atoms. The normalized spacial score (nSPS) is 15.8. The van der Waals surface area contributed by atoms with Gasteiger partial charge in [0.25, 0.3) is 0 Å². The molecule has 1 saturated heterocycles. The fraction of sp³-hybridized carbons (Fsp3) is 0.333. The zero-order chi connectivity index (χ0) is 16.7. The number of carbonyl (C=O) groups excluding carboxylic acids is 2. The van der Waals surface area contributed by atoms with E-state index < -0.39 is 0 Å². The second-order valence-corrected chi connectivity index (χ2v) is 5.47. The zero-order valence-electron chi connectivity index (χ0n) is 13.1. The van der Waals surface area contributed by atoms with Crippen LogP contribution in [0, 0.1) is 5.82 Å². The van der Waals surface area contributed by atoms with Crippen LogP contribution in [0.15, 0.2) is 42.2 Å². The second-order valence-electron chi connectivity index (χ2n) is 5.47. The fourth-order valence-electron chi connectivity index (χ4n) is 2.50. The summed E-state index contributed by atoms with van der Waals surface area (Å²) in [5.41, 5.74) is 1.89. The molecule has 1 fully saturated rings. The van der Waals surface area contributed by atoms with Gasteiger partial charge in [0.15, 0.2) is 12.6 Å². The lowest BCUT2D eigenvalue weighted by atomic mass is 10.1. The van der Waals surface area contributed by atoms with Gasteiger partial charge in [-0.2, -0.15) is 0 Å². The summed E-state index contributed by atoms with van der Waals surface area (Å²) in [6, 6.07) is 6.38. The Labute approximate surface area is 135 Å². The Balaban J connectivity index is 2.29. The Hall–Kier alpha value is -2.27. The molecule has 4 nitrogen and oxygen atoms in total. The van der Waals surface area contributed by atoms with Crippen LogP contribution in [-0.2, 0) is 14.3 Å². The Morgan fingerprint density at radius 1 is 1.13 bits per heavy atom. The highest BCUT2D eigenvalue weighted by Crippen LogP contribution is 2.21. The van der Waals surface area contributed by atoms with Crippen LogP contribution in [0.5, 0.6) is 0 Å². The summed E-state index contributed by atoms with van der Waals surface area (Å²) in [7, 11) is 0. The zero-order valence-corrected chi connectivity index (χ0v) is 13.1. The predicted molar refractivity (Wildman–Crippen MR) is 85.9 cm³/mol. The van der Waals surface area contributed by atoms with Gasteiger partial charge in [0, 0.05) is 31.7 Å². The van der Waals surface area contributed by atoms with Gasteiger partial charge < -0.3 is 9.64 Å². The van der Waals surface area contributed by atoms with E-state index in [1.54, 1.807) is 18.3 Å². The SMILES string of the molecule is C/C(=C\N(C=C(C=O)C=O)C1CCOCC1)c1ccc(F)cc1. The molecule has 0 aliphatic carbocycles. The minimum atomic E-state index is -0.285. The molecular formula is C18H20FNO3. The summed E-state index contributed by atoms with van der Waals surface area (Å²) in [4.78, 5) is 23.8. The lowest BCUT2D eigenvalue weighted by Gasteiger charge is -2.31. The van der Waals surface area contributed by atoms with Crippen LogP contribution >= 0.6 is 0 Å². The number of aldehydes is 2. The maximum Gasteiger partial charge on any atom is 0.154 e. The third-order valence-electron chi connectivity index (χ3n) is 3.83. The molecule has 0 unspecified atom stereocenters. The Bertz CT molecular complexity index is 591. The van der Waals surface area contributed by atoms with E-state index in [9.17, 15) is 14.0 Å². The molecule has 0 saturated carbocycles. The van der Waals surface area contributed by atoms with Gasteiger partial charge in [-0.3, -0.25) is 9.59 Å². The molecule has 1 aromatic carbocycles. The van der Waals surface area contributed by atoms with Gasteiger partial charge in [-0.15, -0.1) is 0 Å². The van der Waals surface area contributed by atoms with Crippen molar-refractivity contribution in [2.45, 2.75) is 25.8 Å². The summed E-state index contributed by atoms with van der Waals surface area (Å²) in [6.07, 6.45) is 6.16. The third kappa shape index (κ3) is 4.86. The average Bonchev–Trinajstić information content (AvgIpc) is 2.59. The van der Waals surface area contributed by atoms with Gasteiger partial charge in [-0.25, -0.2) is 4.39 Å². The number of rotatable bonds is 6. The van der Waals surface area contributed by atoms with Crippen molar-refractivity contribution in [2.24, 2.45) is 0 Å². The first-order valence-corrected chi connectivity index (χ1v) is 7.55. The van der Waals surface area contributed by atoms with Crippen molar-refractivity contribution in [1.29, 1.82) is 0 Å². The smallest absolute Gasteiger partial charge is 0.154 e. The number of halogens is 1. The van der Waals surface area contributed by atoms with E-state index in [4.69, 9.17) is 4.74 Å². The summed E-state index contributed by atoms with van der Waals surface area (Å²) in [5.74, 6) is -0.285. The highest BCUT2D eigenvalue weighted by Gasteiger charge is 2.19. The van der Waals surface area contributed by atoms with Gasteiger partial charge >= 0.3 is 0 Å². The molecule has 122 valence electrons. The summed E-state index contributed by atoms with van der Waals surface area (Å²) >= 11 is 0. The molecule has 2 rings (SSSR count). The predicted octanol–water partition coefficient (Wildman–Crippen LogP) is 2.95. The number of allylic oxidation sites excluding steroid dienone is 2. The van der Waals surface area contributed by atoms with Gasteiger partial charge in [0.1, 0.15) is 5.82 Å². The maximum atomic E-state index is 13.0. The Morgan fingerprint density at radius 3 is 2.30 bits per heavy atom. The number of benzene rings is 1. The van der Waals surface area contributed by atoms with Crippen molar-refractivity contribution >= 4 is 18.1 Å². The lowest BCUT2D eigenvalue weighted by Crippen LogP contribution is -2.33. The van der Waals surface area contributed by atoms with Crippen LogP contribution in [0.2, 0.25) is 0 Å². The Kier molecular flexibility index (Phi) is 6.23. The molecule has 1 aromatic rings. The largest absolute Gasteiger partial charge is 0.381 e. The summed E-state index contributed by atoms with van der Waals surface area (Å²) < 4.78 is 18.4. The van der Waals surface area contributed by atoms with Crippen molar-refractivity contribution in [3.05, 3.63) is 53.6 Å². The van der Waals surface area contributed by atoms with E-state index in [0.717, 1.165) is 24.0 Å². The lowest BCUT2D eigenvalue weighted by molar-refractivity contribution is -0.109. The number of ether oxygens (including phenoxy) is 1. The average molecular weight is 317 g/mol. The fourth-order valence-corrected chi connectivity index (χ4v) is 2.50. The van der Waals surface area contributed by atoms with Crippen LogP contribution in [0.4, 0.5) is 4.39 Å². The molecule has 1 aliphatic rings. The van der Waals surface area contributed by atoms with Crippen LogP contribution in [0.1, 0.15) is 25.3 Å². The molecule has 0 aromatic heterocycles. The van der Waals surface area contributed by atoms with Crippen LogP contribution in [0.25, 0.3) is 5.57 Å². The van der Waals surface area contributed by atoms with Gasteiger partial charge in [0.2, 0.25) is 0 Å². The van der Waals surface area contributed by atoms with Crippen LogP contribution in [0.3, 0.4) is 0 Å². The minimum absolute atomic E-state index is 0.0830. The molecule has 0 bridgehead atoms. The van der Waals surface area contributed by atoms with Crippen LogP contribution < -0.4 is 0 Å². The van der Waals surface area contributed by atoms with E-state index >= 15 is 0 Å². The molecule has 0 N–H and O–H groups in total. The summed E-state index contributed by atoms with van der Waals surface area (Å²) in [6.45, 7) is 3.21. The standard InChI is InChI=1S/C18H20FNO3/c1-14(16-2-4-17(19)5-3-16)10-20(11-15(12-21)13-22)18-6-8-23-9-7-18/h2-5,10-13,18H,6-9H2,1H3/b14-10+. The van der Waals surface area contributed by atoms with Crippen LogP contribution in [-0.4, -0.2) is 36.7 Å². The quantitative estimate of drug-likeness (QED) is 0.350. The van der Waals surface area contributed by atoms with E-state index in [2.05, 4.69) is 0 Å². The number of nitrogens with zero attached hydrogens (tertiary/aromatic N) is 1. The van der Waals surface area contributed by atoms with Gasteiger partial charge in [0.05, 0.1) is 5.57 Å². The first-order chi connectivity index (χ1) is 11.1. The monoisotopic (exact) mass is 317 g/mol. The first-order valence-electron chi connectivity index (χ1n) is 7.55. The van der Waals surface area contributed by atoms with Gasteiger partial charge in [-0.05, 0) is 43.0 Å². The third-order valence-corrected chi connectivity index (χ3v) is 3.83. The molecule has 1 heterocycles. The molecule has 5 heteroatoms. The topological polar surface area (TPSA) is 46.6 Å². The molecule has 0 amide bonds. The van der Waals surface area contributed by atoms with E-state index in [1.807, 2.05) is 18.0 Å². The highest BCUT2D eigenvalue weighted by molar-refractivity contribution is 5.99. The van der Waals surface area contributed by atoms with Gasteiger partial charge in [-0.1, -0.05) is 12.1 Å². The van der Waals surface area contributed by atoms with Crippen molar-refractivity contribution in [1.82, 2.24) is 4.90 Å². The second kappa shape index (κ2) is 8.39. The number of hydrogen-bond acceptors (Lipinski definition) is 4. The van der Waals surface area contributed by atoms with E-state index in [-0.39, 0.29) is 17.4 Å².